The third kappa shape index (κ3) is 1.44. The van der Waals surface area contributed by atoms with Crippen molar-refractivity contribution in [3.63, 3.8) is 0 Å². The van der Waals surface area contributed by atoms with Crippen LogP contribution in [0.2, 0.25) is 0 Å². The van der Waals surface area contributed by atoms with Gasteiger partial charge in [0.2, 0.25) is 0 Å². The summed E-state index contributed by atoms with van der Waals surface area (Å²) in [5.41, 5.74) is -0.359. The van der Waals surface area contributed by atoms with Crippen molar-refractivity contribution in [1.29, 1.82) is 0 Å². The van der Waals surface area contributed by atoms with E-state index in [4.69, 9.17) is 4.74 Å². The summed E-state index contributed by atoms with van der Waals surface area (Å²) < 4.78 is 5.36. The van der Waals surface area contributed by atoms with Crippen LogP contribution in [0.5, 0.6) is 0 Å². The van der Waals surface area contributed by atoms with Gasteiger partial charge in [-0.05, 0) is 0 Å². The van der Waals surface area contributed by atoms with Crippen molar-refractivity contribution in [1.82, 2.24) is 4.90 Å². The van der Waals surface area contributed by atoms with Gasteiger partial charge in [-0.15, -0.1) is 0 Å². The summed E-state index contributed by atoms with van der Waals surface area (Å²) in [5.74, 6) is 0.395. The Kier molecular flexibility index (Phi) is 2.43. The van der Waals surface area contributed by atoms with E-state index >= 15 is 0 Å². The van der Waals surface area contributed by atoms with E-state index in [1.165, 1.54) is 0 Å². The highest BCUT2D eigenvalue weighted by Gasteiger charge is 2.63. The smallest absolute Gasteiger partial charge is 0.147 e. The van der Waals surface area contributed by atoms with Crippen LogP contribution in [0, 0.1) is 10.8 Å². The second-order valence-corrected chi connectivity index (χ2v) is 5.82. The lowest BCUT2D eigenvalue weighted by Gasteiger charge is -2.60. The molecule has 86 valence electrons. The summed E-state index contributed by atoms with van der Waals surface area (Å²) in [7, 11) is 0. The summed E-state index contributed by atoms with van der Waals surface area (Å²) in [4.78, 5) is 14.4. The molecule has 0 aromatic carbocycles. The summed E-state index contributed by atoms with van der Waals surface area (Å²) >= 11 is 0. The Morgan fingerprint density at radius 1 is 1.13 bits per heavy atom. The van der Waals surface area contributed by atoms with Crippen LogP contribution in [0.25, 0.3) is 0 Å². The topological polar surface area (TPSA) is 29.5 Å². The first-order chi connectivity index (χ1) is 6.88. The first-order valence-corrected chi connectivity index (χ1v) is 5.75. The zero-order chi connectivity index (χ0) is 11.3. The van der Waals surface area contributed by atoms with Gasteiger partial charge >= 0.3 is 0 Å². The summed E-state index contributed by atoms with van der Waals surface area (Å²) in [5, 5.41) is 0. The molecule has 0 aromatic heterocycles. The molecule has 0 bridgehead atoms. The molecule has 0 spiro atoms. The Hall–Kier alpha value is -0.410. The van der Waals surface area contributed by atoms with E-state index < -0.39 is 0 Å². The second kappa shape index (κ2) is 3.29. The average Bonchev–Trinajstić information content (AvgIpc) is 2.17. The number of nitrogens with zero attached hydrogens (tertiary/aromatic N) is 1. The highest BCUT2D eigenvalue weighted by atomic mass is 16.5. The maximum atomic E-state index is 12.0. The van der Waals surface area contributed by atoms with Crippen molar-refractivity contribution < 1.29 is 9.53 Å². The number of hydrogen-bond acceptors (Lipinski definition) is 3. The highest BCUT2D eigenvalue weighted by molar-refractivity contribution is 5.97. The lowest BCUT2D eigenvalue weighted by Crippen LogP contribution is -2.71. The number of morpholine rings is 1. The van der Waals surface area contributed by atoms with Gasteiger partial charge in [-0.1, -0.05) is 27.7 Å². The molecule has 1 aliphatic carbocycles. The van der Waals surface area contributed by atoms with Gasteiger partial charge in [-0.2, -0.15) is 0 Å². The van der Waals surface area contributed by atoms with E-state index in [0.29, 0.717) is 11.8 Å². The van der Waals surface area contributed by atoms with Crippen LogP contribution < -0.4 is 0 Å². The van der Waals surface area contributed by atoms with Crippen molar-refractivity contribution >= 4 is 5.78 Å². The maximum absolute atomic E-state index is 12.0. The fourth-order valence-electron chi connectivity index (χ4n) is 3.65. The number of ketones is 1. The van der Waals surface area contributed by atoms with E-state index in [1.54, 1.807) is 0 Å². The van der Waals surface area contributed by atoms with Crippen LogP contribution in [0.4, 0.5) is 0 Å². The van der Waals surface area contributed by atoms with Crippen LogP contribution in [0.3, 0.4) is 0 Å². The zero-order valence-electron chi connectivity index (χ0n) is 10.2. The number of hydrogen-bond donors (Lipinski definition) is 0. The summed E-state index contributed by atoms with van der Waals surface area (Å²) in [6, 6.07) is 0.376. The van der Waals surface area contributed by atoms with Crippen molar-refractivity contribution in [2.24, 2.45) is 10.8 Å². The van der Waals surface area contributed by atoms with E-state index in [0.717, 1.165) is 26.3 Å². The Bertz CT molecular complexity index is 259. The fraction of sp³-hybridized carbons (Fsp3) is 0.917. The molecule has 0 N–H and O–H groups in total. The van der Waals surface area contributed by atoms with Gasteiger partial charge < -0.3 is 4.74 Å². The molecule has 1 heterocycles. The van der Waals surface area contributed by atoms with Crippen molar-refractivity contribution in [2.75, 3.05) is 26.3 Å². The van der Waals surface area contributed by atoms with Gasteiger partial charge in [0.1, 0.15) is 5.78 Å². The normalized spacial score (nSPS) is 31.3. The molecule has 3 heteroatoms. The molecule has 0 unspecified atom stereocenters. The molecule has 0 radical (unpaired) electrons. The van der Waals surface area contributed by atoms with E-state index in [-0.39, 0.29) is 10.8 Å². The molecule has 1 saturated heterocycles. The third-order valence-electron chi connectivity index (χ3n) is 3.95. The van der Waals surface area contributed by atoms with Crippen molar-refractivity contribution in [3.8, 4) is 0 Å². The molecule has 1 saturated carbocycles. The van der Waals surface area contributed by atoms with Crippen LogP contribution in [-0.4, -0.2) is 43.0 Å². The molecule has 0 atom stereocenters. The third-order valence-corrected chi connectivity index (χ3v) is 3.95. The fourth-order valence-corrected chi connectivity index (χ4v) is 3.65. The maximum Gasteiger partial charge on any atom is 0.147 e. The Labute approximate surface area is 91.8 Å². The molecular weight excluding hydrogens is 190 g/mol. The monoisotopic (exact) mass is 211 g/mol. The number of rotatable bonds is 1. The van der Waals surface area contributed by atoms with E-state index in [1.807, 2.05) is 0 Å². The van der Waals surface area contributed by atoms with E-state index in [9.17, 15) is 4.79 Å². The molecule has 1 aliphatic heterocycles. The van der Waals surface area contributed by atoms with Crippen LogP contribution >= 0.6 is 0 Å². The Morgan fingerprint density at radius 3 is 2.07 bits per heavy atom. The minimum Gasteiger partial charge on any atom is -0.379 e. The van der Waals surface area contributed by atoms with Gasteiger partial charge in [0.25, 0.3) is 0 Å². The van der Waals surface area contributed by atoms with Gasteiger partial charge in [0.05, 0.1) is 13.2 Å². The van der Waals surface area contributed by atoms with Gasteiger partial charge in [0, 0.05) is 30.0 Å². The zero-order valence-corrected chi connectivity index (χ0v) is 10.2. The Morgan fingerprint density at radius 2 is 1.60 bits per heavy atom. The molecule has 2 aliphatic rings. The quantitative estimate of drug-likeness (QED) is 0.655. The van der Waals surface area contributed by atoms with E-state index in [2.05, 4.69) is 32.6 Å². The molecular formula is C12H21NO2. The summed E-state index contributed by atoms with van der Waals surface area (Å²) in [6.45, 7) is 11.8. The number of ether oxygens (including phenoxy) is 1. The standard InChI is InChI=1S/C12H21NO2/c1-11(2)9(12(3,4)10(11)14)13-5-7-15-8-6-13/h9H,5-8H2,1-4H3. The van der Waals surface area contributed by atoms with Crippen molar-refractivity contribution in [2.45, 2.75) is 33.7 Å². The molecule has 0 amide bonds. The molecule has 0 aromatic rings. The minimum absolute atomic E-state index is 0.180. The molecule has 3 nitrogen and oxygen atoms in total. The van der Waals surface area contributed by atoms with Gasteiger partial charge in [0.15, 0.2) is 0 Å². The van der Waals surface area contributed by atoms with Crippen LogP contribution in [0.15, 0.2) is 0 Å². The lowest BCUT2D eigenvalue weighted by atomic mass is 9.50. The average molecular weight is 211 g/mol. The number of carbonyl (C=O) groups is 1. The first-order valence-electron chi connectivity index (χ1n) is 5.75. The minimum atomic E-state index is -0.180. The number of Topliss-reactive ketones (excluding diaryl/α,β-unsaturated/α-hetero) is 1. The SMILES string of the molecule is CC1(C)C(=O)C(C)(C)C1N1CCOCC1. The second-order valence-electron chi connectivity index (χ2n) is 5.82. The predicted octanol–water partition coefficient (Wildman–Crippen LogP) is 1.32. The number of carbonyl (C=O) groups excluding carboxylic acids is 1. The Balaban J connectivity index is 2.17. The lowest BCUT2D eigenvalue weighted by molar-refractivity contribution is -0.175. The molecule has 15 heavy (non-hydrogen) atoms. The molecule has 2 rings (SSSR count). The predicted molar refractivity (Wildman–Crippen MR) is 58.7 cm³/mol. The van der Waals surface area contributed by atoms with Gasteiger partial charge in [-0.25, -0.2) is 0 Å². The van der Waals surface area contributed by atoms with Gasteiger partial charge in [-0.3, -0.25) is 9.69 Å². The van der Waals surface area contributed by atoms with Crippen molar-refractivity contribution in [3.05, 3.63) is 0 Å². The first kappa shape index (κ1) is 11.1. The largest absolute Gasteiger partial charge is 0.379 e. The molecule has 2 fully saturated rings. The van der Waals surface area contributed by atoms with Crippen LogP contribution in [-0.2, 0) is 9.53 Å². The van der Waals surface area contributed by atoms with Crippen LogP contribution in [0.1, 0.15) is 27.7 Å². The summed E-state index contributed by atoms with van der Waals surface area (Å²) in [6.07, 6.45) is 0. The highest BCUT2D eigenvalue weighted by Crippen LogP contribution is 2.52.